The van der Waals surface area contributed by atoms with Gasteiger partial charge in [-0.3, -0.25) is 9.69 Å². The highest BCUT2D eigenvalue weighted by Gasteiger charge is 2.25. The summed E-state index contributed by atoms with van der Waals surface area (Å²) >= 11 is 0. The molecular weight excluding hydrogens is 412 g/mol. The van der Waals surface area contributed by atoms with Crippen LogP contribution in [0.5, 0.6) is 5.75 Å². The molecule has 0 radical (unpaired) electrons. The highest BCUT2D eigenvalue weighted by molar-refractivity contribution is 5.84. The normalized spacial score (nSPS) is 16.4. The van der Waals surface area contributed by atoms with Gasteiger partial charge in [0.1, 0.15) is 12.4 Å². The molecule has 0 aliphatic carbocycles. The smallest absolute Gasteiger partial charge is 0.307 e. The number of carboxylic acid groups (broad SMARTS) is 1. The Morgan fingerprint density at radius 3 is 2.58 bits per heavy atom. The molecule has 5 heteroatoms. The highest BCUT2D eigenvalue weighted by atomic mass is 16.5. The van der Waals surface area contributed by atoms with Crippen molar-refractivity contribution >= 4 is 16.9 Å². The maximum absolute atomic E-state index is 10.9. The van der Waals surface area contributed by atoms with Crippen LogP contribution in [0.3, 0.4) is 0 Å². The highest BCUT2D eigenvalue weighted by Crippen LogP contribution is 2.36. The van der Waals surface area contributed by atoms with E-state index in [0.29, 0.717) is 24.5 Å². The minimum absolute atomic E-state index is 0.0249. The Hall–Kier alpha value is -2.79. The molecule has 2 heterocycles. The van der Waals surface area contributed by atoms with Gasteiger partial charge >= 0.3 is 5.97 Å². The number of aliphatic carboxylic acids is 1. The van der Waals surface area contributed by atoms with E-state index in [2.05, 4.69) is 60.7 Å². The van der Waals surface area contributed by atoms with E-state index in [9.17, 15) is 4.79 Å². The number of para-hydroxylation sites is 1. The number of fused-ring (bicyclic) bond motifs is 1. The van der Waals surface area contributed by atoms with Crippen LogP contribution < -0.4 is 4.74 Å². The molecule has 0 bridgehead atoms. The lowest BCUT2D eigenvalue weighted by Gasteiger charge is -2.31. The summed E-state index contributed by atoms with van der Waals surface area (Å²) in [6.45, 7) is 10.6. The van der Waals surface area contributed by atoms with Gasteiger partial charge in [-0.05, 0) is 74.0 Å². The first-order valence-electron chi connectivity index (χ1n) is 12.2. The number of carbonyl (C=O) groups is 1. The lowest BCUT2D eigenvalue weighted by molar-refractivity contribution is -0.136. The molecule has 1 aliphatic heterocycles. The van der Waals surface area contributed by atoms with E-state index in [4.69, 9.17) is 9.84 Å². The Morgan fingerprint density at radius 1 is 1.09 bits per heavy atom. The third-order valence-corrected chi connectivity index (χ3v) is 7.13. The Bertz CT molecular complexity index is 1080. The summed E-state index contributed by atoms with van der Waals surface area (Å²) in [4.78, 5) is 13.4. The van der Waals surface area contributed by atoms with E-state index in [1.54, 1.807) is 0 Å². The van der Waals surface area contributed by atoms with Gasteiger partial charge in [0, 0.05) is 29.7 Å². The van der Waals surface area contributed by atoms with Gasteiger partial charge < -0.3 is 14.4 Å². The lowest BCUT2D eigenvalue weighted by Crippen LogP contribution is -2.35. The number of hydrogen-bond donors (Lipinski definition) is 1. The molecule has 1 unspecified atom stereocenters. The van der Waals surface area contributed by atoms with Crippen molar-refractivity contribution in [2.45, 2.75) is 52.0 Å². The van der Waals surface area contributed by atoms with Crippen LogP contribution in [0.2, 0.25) is 0 Å². The summed E-state index contributed by atoms with van der Waals surface area (Å²) in [7, 11) is 0. The maximum atomic E-state index is 10.9. The van der Waals surface area contributed by atoms with Crippen molar-refractivity contribution in [3.05, 3.63) is 65.9 Å². The predicted molar refractivity (Wildman–Crippen MR) is 133 cm³/mol. The molecule has 0 spiro atoms. The first kappa shape index (κ1) is 23.4. The zero-order valence-electron chi connectivity index (χ0n) is 20.0. The monoisotopic (exact) mass is 448 g/mol. The number of hydrogen-bond acceptors (Lipinski definition) is 3. The molecule has 176 valence electrons. The van der Waals surface area contributed by atoms with Crippen LogP contribution in [0, 0.1) is 5.92 Å². The van der Waals surface area contributed by atoms with E-state index in [0.717, 1.165) is 43.8 Å². The average molecular weight is 449 g/mol. The van der Waals surface area contributed by atoms with Gasteiger partial charge in [0.15, 0.2) is 0 Å². The SMILES string of the molecule is CC(C)C(C)n1cc(C2CCN(CCOc3cccc(CC(=O)O)c3)CC2)c2ccccc21. The minimum atomic E-state index is -0.822. The fourth-order valence-electron chi connectivity index (χ4n) is 4.90. The number of rotatable bonds is 9. The molecule has 33 heavy (non-hydrogen) atoms. The first-order valence-corrected chi connectivity index (χ1v) is 12.2. The van der Waals surface area contributed by atoms with Gasteiger partial charge in [-0.1, -0.05) is 44.2 Å². The Kier molecular flexibility index (Phi) is 7.39. The van der Waals surface area contributed by atoms with Gasteiger partial charge in [-0.2, -0.15) is 0 Å². The fraction of sp³-hybridized carbons (Fsp3) is 0.464. The predicted octanol–water partition coefficient (Wildman–Crippen LogP) is 5.74. The molecule has 0 amide bonds. The average Bonchev–Trinajstić information content (AvgIpc) is 3.18. The van der Waals surface area contributed by atoms with E-state index in [1.165, 1.54) is 16.5 Å². The number of aromatic nitrogens is 1. The Labute approximate surface area is 197 Å². The number of likely N-dealkylation sites (tertiary alicyclic amines) is 1. The summed E-state index contributed by atoms with van der Waals surface area (Å²) in [5.74, 6) is 1.12. The van der Waals surface area contributed by atoms with Crippen molar-refractivity contribution < 1.29 is 14.6 Å². The minimum Gasteiger partial charge on any atom is -0.492 e. The molecule has 4 rings (SSSR count). The maximum Gasteiger partial charge on any atom is 0.307 e. The van der Waals surface area contributed by atoms with Gasteiger partial charge in [0.25, 0.3) is 0 Å². The second kappa shape index (κ2) is 10.4. The largest absolute Gasteiger partial charge is 0.492 e. The second-order valence-electron chi connectivity index (χ2n) is 9.68. The number of piperidine rings is 1. The zero-order chi connectivity index (χ0) is 23.4. The number of benzene rings is 2. The Morgan fingerprint density at radius 2 is 1.85 bits per heavy atom. The number of carboxylic acids is 1. The van der Waals surface area contributed by atoms with Crippen LogP contribution in [-0.4, -0.2) is 46.8 Å². The van der Waals surface area contributed by atoms with Crippen LogP contribution in [0.4, 0.5) is 0 Å². The van der Waals surface area contributed by atoms with Crippen LogP contribution in [-0.2, 0) is 11.2 Å². The van der Waals surface area contributed by atoms with Gasteiger partial charge in [-0.15, -0.1) is 0 Å². The van der Waals surface area contributed by atoms with Crippen LogP contribution >= 0.6 is 0 Å². The van der Waals surface area contributed by atoms with Crippen molar-refractivity contribution in [3.63, 3.8) is 0 Å². The molecule has 2 aromatic carbocycles. The first-order chi connectivity index (χ1) is 15.9. The summed E-state index contributed by atoms with van der Waals surface area (Å²) < 4.78 is 8.39. The molecule has 5 nitrogen and oxygen atoms in total. The molecule has 1 saturated heterocycles. The fourth-order valence-corrected chi connectivity index (χ4v) is 4.90. The van der Waals surface area contributed by atoms with Gasteiger partial charge in [-0.25, -0.2) is 0 Å². The van der Waals surface area contributed by atoms with E-state index in [1.807, 2.05) is 24.3 Å². The van der Waals surface area contributed by atoms with Crippen molar-refractivity contribution in [1.29, 1.82) is 0 Å². The molecule has 1 fully saturated rings. The molecule has 1 aliphatic rings. The molecule has 1 aromatic heterocycles. The number of ether oxygens (including phenoxy) is 1. The summed E-state index contributed by atoms with van der Waals surface area (Å²) in [5, 5.41) is 10.4. The van der Waals surface area contributed by atoms with Crippen molar-refractivity contribution in [1.82, 2.24) is 9.47 Å². The summed E-state index contributed by atoms with van der Waals surface area (Å²) in [6.07, 6.45) is 4.77. The third kappa shape index (κ3) is 5.59. The van der Waals surface area contributed by atoms with Crippen LogP contribution in [0.25, 0.3) is 10.9 Å². The number of nitrogens with zero attached hydrogens (tertiary/aromatic N) is 2. The lowest BCUT2D eigenvalue weighted by atomic mass is 9.89. The quantitative estimate of drug-likeness (QED) is 0.453. The molecule has 3 aromatic rings. The third-order valence-electron chi connectivity index (χ3n) is 7.13. The topological polar surface area (TPSA) is 54.7 Å². The standard InChI is InChI=1S/C28H36N2O3/c1-20(2)21(3)30-19-26(25-9-4-5-10-27(25)30)23-11-13-29(14-12-23)15-16-33-24-8-6-7-22(17-24)18-28(31)32/h4-10,17,19-21,23H,11-16,18H2,1-3H3,(H,31,32). The second-order valence-corrected chi connectivity index (χ2v) is 9.68. The summed E-state index contributed by atoms with van der Waals surface area (Å²) in [6, 6.07) is 16.7. The zero-order valence-corrected chi connectivity index (χ0v) is 20.0. The molecule has 1 atom stereocenters. The van der Waals surface area contributed by atoms with Crippen molar-refractivity contribution in [2.24, 2.45) is 5.92 Å². The van der Waals surface area contributed by atoms with Crippen molar-refractivity contribution in [3.8, 4) is 5.75 Å². The summed E-state index contributed by atoms with van der Waals surface area (Å²) in [5.41, 5.74) is 3.63. The van der Waals surface area contributed by atoms with E-state index < -0.39 is 5.97 Å². The van der Waals surface area contributed by atoms with Crippen molar-refractivity contribution in [2.75, 3.05) is 26.2 Å². The van der Waals surface area contributed by atoms with Crippen LogP contribution in [0.15, 0.2) is 54.7 Å². The molecular formula is C28H36N2O3. The van der Waals surface area contributed by atoms with Crippen LogP contribution in [0.1, 0.15) is 56.7 Å². The van der Waals surface area contributed by atoms with E-state index >= 15 is 0 Å². The molecule has 1 N–H and O–H groups in total. The molecule has 0 saturated carbocycles. The van der Waals surface area contributed by atoms with E-state index in [-0.39, 0.29) is 6.42 Å². The van der Waals surface area contributed by atoms with Gasteiger partial charge in [0.2, 0.25) is 0 Å². The van der Waals surface area contributed by atoms with Gasteiger partial charge in [0.05, 0.1) is 6.42 Å². The Balaban J connectivity index is 1.33.